The minimum absolute atomic E-state index is 0.0181. The molecule has 1 saturated heterocycles. The SMILES string of the molecule is CO/C(N)=C(/C=NC1CCN(C)CC1)c1cnc2[nH]cc(-c3cccc(C(F)F)c3)c2c1. The summed E-state index contributed by atoms with van der Waals surface area (Å²) in [4.78, 5) is 14.7. The van der Waals surface area contributed by atoms with Gasteiger partial charge in [-0.1, -0.05) is 18.2 Å². The molecule has 0 unspecified atom stereocenters. The number of H-pyrrole nitrogens is 1. The summed E-state index contributed by atoms with van der Waals surface area (Å²) >= 11 is 0. The van der Waals surface area contributed by atoms with Crippen molar-refractivity contribution in [3.63, 3.8) is 0 Å². The van der Waals surface area contributed by atoms with E-state index in [1.54, 1.807) is 24.7 Å². The second-order valence-electron chi connectivity index (χ2n) is 8.04. The molecule has 0 radical (unpaired) electrons. The van der Waals surface area contributed by atoms with Crippen molar-refractivity contribution in [2.45, 2.75) is 25.3 Å². The Morgan fingerprint density at radius 2 is 2.09 bits per heavy atom. The van der Waals surface area contributed by atoms with Crippen molar-refractivity contribution in [2.75, 3.05) is 27.2 Å². The molecule has 3 aromatic rings. The van der Waals surface area contributed by atoms with Gasteiger partial charge >= 0.3 is 0 Å². The number of benzene rings is 1. The molecule has 1 fully saturated rings. The highest BCUT2D eigenvalue weighted by atomic mass is 19.3. The van der Waals surface area contributed by atoms with Crippen LogP contribution in [0.3, 0.4) is 0 Å². The Hall–Kier alpha value is -3.26. The number of hydrogen-bond donors (Lipinski definition) is 2. The lowest BCUT2D eigenvalue weighted by Crippen LogP contribution is -2.32. The van der Waals surface area contributed by atoms with Crippen LogP contribution >= 0.6 is 0 Å². The highest BCUT2D eigenvalue weighted by molar-refractivity contribution is 6.11. The standard InChI is InChI=1S/C24H27F2N5O/c1-31-8-6-18(7-9-31)28-14-21(23(27)32-2)17-11-19-20(13-30-24(19)29-12-17)15-4-3-5-16(10-15)22(25)26/h3-5,10-14,18,22H,6-9,27H2,1-2H3,(H,29,30)/b23-21-,28-14?. The Kier molecular flexibility index (Phi) is 6.50. The molecule has 32 heavy (non-hydrogen) atoms. The average molecular weight is 440 g/mol. The number of nitrogens with two attached hydrogens (primary N) is 1. The van der Waals surface area contributed by atoms with Crippen LogP contribution in [0.1, 0.15) is 30.4 Å². The number of pyridine rings is 1. The smallest absolute Gasteiger partial charge is 0.263 e. The number of ether oxygens (including phenoxy) is 1. The van der Waals surface area contributed by atoms with E-state index in [0.29, 0.717) is 16.8 Å². The summed E-state index contributed by atoms with van der Waals surface area (Å²) in [5.74, 6) is 0.250. The number of halogens is 2. The number of hydrogen-bond acceptors (Lipinski definition) is 5. The first-order valence-corrected chi connectivity index (χ1v) is 10.6. The number of allylic oxidation sites excluding steroid dienone is 1. The van der Waals surface area contributed by atoms with Crippen molar-refractivity contribution >= 4 is 22.8 Å². The molecule has 3 N–H and O–H groups in total. The lowest BCUT2D eigenvalue weighted by Gasteiger charge is -2.26. The van der Waals surface area contributed by atoms with Crippen LogP contribution in [-0.4, -0.2) is 54.4 Å². The van der Waals surface area contributed by atoms with Crippen molar-refractivity contribution in [3.05, 3.63) is 59.7 Å². The van der Waals surface area contributed by atoms with E-state index in [4.69, 9.17) is 15.5 Å². The molecule has 6 nitrogen and oxygen atoms in total. The fourth-order valence-corrected chi connectivity index (χ4v) is 3.95. The van der Waals surface area contributed by atoms with Crippen molar-refractivity contribution in [1.82, 2.24) is 14.9 Å². The molecule has 1 aliphatic rings. The Morgan fingerprint density at radius 3 is 2.81 bits per heavy atom. The number of aromatic amines is 1. The highest BCUT2D eigenvalue weighted by Gasteiger charge is 2.17. The van der Waals surface area contributed by atoms with E-state index in [9.17, 15) is 8.78 Å². The van der Waals surface area contributed by atoms with Gasteiger partial charge in [0.2, 0.25) is 0 Å². The molecule has 0 spiro atoms. The summed E-state index contributed by atoms with van der Waals surface area (Å²) in [7, 11) is 3.63. The molecule has 3 heterocycles. The Bertz CT molecular complexity index is 1150. The normalized spacial score (nSPS) is 16.8. The van der Waals surface area contributed by atoms with E-state index in [1.165, 1.54) is 19.2 Å². The third kappa shape index (κ3) is 4.65. The number of aromatic nitrogens is 2. The topological polar surface area (TPSA) is 79.5 Å². The molecule has 0 saturated carbocycles. The van der Waals surface area contributed by atoms with Gasteiger partial charge in [0.05, 0.1) is 18.7 Å². The van der Waals surface area contributed by atoms with Crippen LogP contribution in [0.2, 0.25) is 0 Å². The first-order valence-electron chi connectivity index (χ1n) is 10.6. The number of nitrogens with zero attached hydrogens (tertiary/aromatic N) is 3. The molecule has 0 bridgehead atoms. The summed E-state index contributed by atoms with van der Waals surface area (Å²) < 4.78 is 31.7. The van der Waals surface area contributed by atoms with Crippen LogP contribution in [0.15, 0.2) is 53.6 Å². The zero-order valence-electron chi connectivity index (χ0n) is 18.2. The van der Waals surface area contributed by atoms with E-state index in [2.05, 4.69) is 21.9 Å². The molecule has 8 heteroatoms. The highest BCUT2D eigenvalue weighted by Crippen LogP contribution is 2.32. The maximum Gasteiger partial charge on any atom is 0.263 e. The van der Waals surface area contributed by atoms with Crippen LogP contribution in [-0.2, 0) is 4.74 Å². The van der Waals surface area contributed by atoms with Crippen molar-refractivity contribution < 1.29 is 13.5 Å². The maximum absolute atomic E-state index is 13.2. The van der Waals surface area contributed by atoms with Gasteiger partial charge in [0.15, 0.2) is 5.88 Å². The number of methoxy groups -OCH3 is 1. The van der Waals surface area contributed by atoms with E-state index >= 15 is 0 Å². The lowest BCUT2D eigenvalue weighted by molar-refractivity contribution is 0.151. The fourth-order valence-electron chi connectivity index (χ4n) is 3.95. The number of fused-ring (bicyclic) bond motifs is 1. The Morgan fingerprint density at radius 1 is 1.31 bits per heavy atom. The van der Waals surface area contributed by atoms with Crippen LogP contribution < -0.4 is 5.73 Å². The maximum atomic E-state index is 13.2. The second-order valence-corrected chi connectivity index (χ2v) is 8.04. The molecule has 1 aromatic carbocycles. The van der Waals surface area contributed by atoms with E-state index in [-0.39, 0.29) is 17.5 Å². The first kappa shape index (κ1) is 22.0. The third-order valence-electron chi connectivity index (χ3n) is 5.88. The molecule has 168 valence electrons. The number of nitrogens with one attached hydrogen (secondary N) is 1. The third-order valence-corrected chi connectivity index (χ3v) is 5.88. The van der Waals surface area contributed by atoms with Gasteiger partial charge in [-0.15, -0.1) is 0 Å². The van der Waals surface area contributed by atoms with Gasteiger partial charge in [-0.3, -0.25) is 4.99 Å². The average Bonchev–Trinajstić information content (AvgIpc) is 3.23. The minimum Gasteiger partial charge on any atom is -0.482 e. The van der Waals surface area contributed by atoms with Gasteiger partial charge in [0, 0.05) is 40.7 Å². The first-order chi connectivity index (χ1) is 15.5. The number of likely N-dealkylation sites (tertiary alicyclic amines) is 1. The number of rotatable bonds is 6. The number of alkyl halides is 2. The molecule has 0 atom stereocenters. The van der Waals surface area contributed by atoms with Crippen molar-refractivity contribution in [2.24, 2.45) is 10.7 Å². The monoisotopic (exact) mass is 439 g/mol. The molecule has 0 aliphatic carbocycles. The second kappa shape index (κ2) is 9.48. The summed E-state index contributed by atoms with van der Waals surface area (Å²) in [5.41, 5.74) is 9.67. The number of piperidine rings is 1. The summed E-state index contributed by atoms with van der Waals surface area (Å²) in [6.07, 6.45) is 4.71. The molecule has 0 amide bonds. The van der Waals surface area contributed by atoms with Crippen LogP contribution in [0.5, 0.6) is 0 Å². The molecule has 4 rings (SSSR count). The predicted molar refractivity (Wildman–Crippen MR) is 124 cm³/mol. The predicted octanol–water partition coefficient (Wildman–Crippen LogP) is 4.61. The lowest BCUT2D eigenvalue weighted by atomic mass is 10.0. The van der Waals surface area contributed by atoms with E-state index < -0.39 is 6.43 Å². The summed E-state index contributed by atoms with van der Waals surface area (Å²) in [6, 6.07) is 8.54. The van der Waals surface area contributed by atoms with Crippen LogP contribution in [0, 0.1) is 0 Å². The largest absolute Gasteiger partial charge is 0.482 e. The summed E-state index contributed by atoms with van der Waals surface area (Å²) in [6.45, 7) is 2.03. The quantitative estimate of drug-likeness (QED) is 0.434. The van der Waals surface area contributed by atoms with Gasteiger partial charge in [-0.2, -0.15) is 0 Å². The Balaban J connectivity index is 1.71. The van der Waals surface area contributed by atoms with Gasteiger partial charge in [0.25, 0.3) is 6.43 Å². The van der Waals surface area contributed by atoms with Crippen molar-refractivity contribution in [1.29, 1.82) is 0 Å². The number of aliphatic imine (C=N–C) groups is 1. The molecule has 2 aromatic heterocycles. The molecular formula is C24H27F2N5O. The van der Waals surface area contributed by atoms with Crippen molar-refractivity contribution in [3.8, 4) is 11.1 Å². The van der Waals surface area contributed by atoms with Crippen LogP contribution in [0.25, 0.3) is 27.7 Å². The van der Waals surface area contributed by atoms with Gasteiger partial charge in [-0.25, -0.2) is 13.8 Å². The van der Waals surface area contributed by atoms with Gasteiger partial charge in [0.1, 0.15) is 5.65 Å². The van der Waals surface area contributed by atoms with E-state index in [0.717, 1.165) is 42.4 Å². The van der Waals surface area contributed by atoms with Gasteiger partial charge in [-0.05, 0) is 50.7 Å². The fraction of sp³-hybridized carbons (Fsp3) is 0.333. The molecular weight excluding hydrogens is 412 g/mol. The zero-order valence-corrected chi connectivity index (χ0v) is 18.2. The minimum atomic E-state index is -2.53. The Labute approximate surface area is 185 Å². The summed E-state index contributed by atoms with van der Waals surface area (Å²) in [5, 5.41) is 0.808. The zero-order chi connectivity index (χ0) is 22.7. The molecule has 1 aliphatic heterocycles. The van der Waals surface area contributed by atoms with Gasteiger partial charge < -0.3 is 20.4 Å². The van der Waals surface area contributed by atoms with E-state index in [1.807, 2.05) is 12.1 Å². The van der Waals surface area contributed by atoms with Crippen LogP contribution in [0.4, 0.5) is 8.78 Å².